The lowest BCUT2D eigenvalue weighted by atomic mass is 10.1. The average Bonchev–Trinajstić information content (AvgIpc) is 3.12. The van der Waals surface area contributed by atoms with Crippen molar-refractivity contribution < 1.29 is 19.8 Å². The van der Waals surface area contributed by atoms with E-state index >= 15 is 0 Å². The lowest BCUT2D eigenvalue weighted by molar-refractivity contribution is 0.0679. The Kier molecular flexibility index (Phi) is 9.36. The lowest BCUT2D eigenvalue weighted by Gasteiger charge is -2.23. The van der Waals surface area contributed by atoms with Gasteiger partial charge in [-0.05, 0) is 72.8 Å². The van der Waals surface area contributed by atoms with E-state index in [9.17, 15) is 19.8 Å². The predicted molar refractivity (Wildman–Crippen MR) is 183 cm³/mol. The smallest absolute Gasteiger partial charge is 0.354 e. The third kappa shape index (κ3) is 7.89. The number of rotatable bonds is 6. The van der Waals surface area contributed by atoms with E-state index < -0.39 is 11.9 Å². The fraction of sp³-hybridized carbons (Fsp3) is 0.158. The van der Waals surface area contributed by atoms with E-state index in [1.807, 2.05) is 84.9 Å². The summed E-state index contributed by atoms with van der Waals surface area (Å²) in [5.74, 6) is -2.15. The summed E-state index contributed by atoms with van der Waals surface area (Å²) in [6.45, 7) is 2.54. The van der Waals surface area contributed by atoms with Crippen LogP contribution in [0.4, 0.5) is 0 Å². The third-order valence-electron chi connectivity index (χ3n) is 8.12. The molecule has 7 rings (SSSR count). The third-order valence-corrected chi connectivity index (χ3v) is 8.12. The standard InChI is InChI=1S/C38H32N8O4/c47-37(48)35-17-5-11-29(43-35)23-45-19-25-7-1-13-31(39-25)32-14-2-8-26(40-32)21-46(24-30-12-6-18-36(44-30)38(49)50)22-28-10-4-16-34(42-28)33-15-3-9-27(20-45)41-33/h1-18H,19-24H2,(H,47,48)(H,49,50). The van der Waals surface area contributed by atoms with Crippen molar-refractivity contribution in [2.45, 2.75) is 39.3 Å². The minimum atomic E-state index is -1.08. The van der Waals surface area contributed by atoms with Gasteiger partial charge in [-0.1, -0.05) is 36.4 Å². The van der Waals surface area contributed by atoms with Gasteiger partial charge < -0.3 is 10.2 Å². The summed E-state index contributed by atoms with van der Waals surface area (Å²) in [5, 5.41) is 19.1. The Bertz CT molecular complexity index is 1940. The van der Waals surface area contributed by atoms with Gasteiger partial charge in [-0.25, -0.2) is 39.5 Å². The number of carboxylic acid groups (broad SMARTS) is 2. The maximum Gasteiger partial charge on any atom is 0.354 e. The van der Waals surface area contributed by atoms with Gasteiger partial charge in [-0.15, -0.1) is 0 Å². The molecule has 6 aromatic heterocycles. The predicted octanol–water partition coefficient (Wildman–Crippen LogP) is 5.51. The maximum atomic E-state index is 11.6. The highest BCUT2D eigenvalue weighted by Crippen LogP contribution is 2.22. The Balaban J connectivity index is 1.28. The second kappa shape index (κ2) is 14.5. The number of aromatic nitrogens is 6. The topological polar surface area (TPSA) is 158 Å². The molecule has 0 aromatic carbocycles. The molecule has 0 aliphatic carbocycles. The minimum absolute atomic E-state index is 0.00958. The summed E-state index contributed by atoms with van der Waals surface area (Å²) in [6, 6.07) is 33.4. The van der Waals surface area contributed by atoms with Gasteiger partial charge in [0.2, 0.25) is 0 Å². The summed E-state index contributed by atoms with van der Waals surface area (Å²) in [7, 11) is 0. The largest absolute Gasteiger partial charge is 0.477 e. The van der Waals surface area contributed by atoms with Crippen molar-refractivity contribution in [3.8, 4) is 22.8 Å². The molecule has 0 atom stereocenters. The van der Waals surface area contributed by atoms with Crippen LogP contribution in [0, 0.1) is 0 Å². The molecule has 8 bridgehead atoms. The molecule has 0 amide bonds. The van der Waals surface area contributed by atoms with Crippen LogP contribution in [-0.4, -0.2) is 61.9 Å². The summed E-state index contributed by atoms with van der Waals surface area (Å²) < 4.78 is 0. The van der Waals surface area contributed by atoms with E-state index in [-0.39, 0.29) is 11.4 Å². The van der Waals surface area contributed by atoms with Crippen LogP contribution >= 0.6 is 0 Å². The Morgan fingerprint density at radius 2 is 0.740 bits per heavy atom. The van der Waals surface area contributed by atoms with Crippen LogP contribution < -0.4 is 0 Å². The van der Waals surface area contributed by atoms with E-state index in [1.54, 1.807) is 12.1 Å². The number of nitrogens with zero attached hydrogens (tertiary/aromatic N) is 8. The van der Waals surface area contributed by atoms with E-state index in [4.69, 9.17) is 19.9 Å². The quantitative estimate of drug-likeness (QED) is 0.231. The number of fused-ring (bicyclic) bond motifs is 10. The van der Waals surface area contributed by atoms with Gasteiger partial charge in [0.05, 0.1) is 56.9 Å². The van der Waals surface area contributed by atoms with Gasteiger partial charge in [-0.3, -0.25) is 9.80 Å². The average molecular weight is 665 g/mol. The Hall–Kier alpha value is -6.24. The zero-order chi connectivity index (χ0) is 34.5. The molecule has 50 heavy (non-hydrogen) atoms. The first kappa shape index (κ1) is 32.3. The number of hydrogen-bond acceptors (Lipinski definition) is 10. The highest BCUT2D eigenvalue weighted by Gasteiger charge is 2.17. The number of aromatic carboxylic acids is 2. The van der Waals surface area contributed by atoms with Crippen LogP contribution in [0.1, 0.15) is 55.1 Å². The van der Waals surface area contributed by atoms with Crippen LogP contribution in [0.5, 0.6) is 0 Å². The molecule has 12 heteroatoms. The highest BCUT2D eigenvalue weighted by molar-refractivity contribution is 5.85. The molecule has 0 radical (unpaired) electrons. The van der Waals surface area contributed by atoms with Gasteiger partial charge in [0.15, 0.2) is 0 Å². The molecule has 0 saturated carbocycles. The molecule has 1 aliphatic heterocycles. The van der Waals surface area contributed by atoms with E-state index in [2.05, 4.69) is 19.8 Å². The van der Waals surface area contributed by atoms with Crippen molar-refractivity contribution in [3.63, 3.8) is 0 Å². The molecule has 12 nitrogen and oxygen atoms in total. The normalized spacial score (nSPS) is 13.6. The minimum Gasteiger partial charge on any atom is -0.477 e. The summed E-state index contributed by atoms with van der Waals surface area (Å²) in [6.07, 6.45) is 0. The van der Waals surface area contributed by atoms with E-state index in [0.29, 0.717) is 73.4 Å². The molecule has 7 heterocycles. The summed E-state index contributed by atoms with van der Waals surface area (Å²) in [5.41, 5.74) is 7.32. The van der Waals surface area contributed by atoms with Crippen molar-refractivity contribution in [2.24, 2.45) is 0 Å². The van der Waals surface area contributed by atoms with Gasteiger partial charge in [0.25, 0.3) is 0 Å². The molecule has 2 N–H and O–H groups in total. The molecule has 248 valence electrons. The second-order valence-electron chi connectivity index (χ2n) is 12.0. The number of carbonyl (C=O) groups is 2. The number of hydrogen-bond donors (Lipinski definition) is 2. The molecular formula is C38H32N8O4. The number of pyridine rings is 6. The van der Waals surface area contributed by atoms with Crippen molar-refractivity contribution in [1.82, 2.24) is 39.7 Å². The van der Waals surface area contributed by atoms with E-state index in [1.165, 1.54) is 12.1 Å². The van der Waals surface area contributed by atoms with Crippen molar-refractivity contribution in [1.29, 1.82) is 0 Å². The number of carboxylic acids is 2. The first-order valence-electron chi connectivity index (χ1n) is 16.0. The molecule has 1 aliphatic rings. The summed E-state index contributed by atoms with van der Waals surface area (Å²) in [4.78, 5) is 56.2. The molecule has 0 unspecified atom stereocenters. The zero-order valence-corrected chi connectivity index (χ0v) is 26.9. The van der Waals surface area contributed by atoms with Gasteiger partial charge in [-0.2, -0.15) is 0 Å². The highest BCUT2D eigenvalue weighted by atomic mass is 16.4. The monoisotopic (exact) mass is 664 g/mol. The molecular weight excluding hydrogens is 632 g/mol. The van der Waals surface area contributed by atoms with Crippen LogP contribution in [0.15, 0.2) is 109 Å². The molecule has 6 aromatic rings. The summed E-state index contributed by atoms with van der Waals surface area (Å²) >= 11 is 0. The van der Waals surface area contributed by atoms with Crippen molar-refractivity contribution >= 4 is 11.9 Å². The molecule has 0 saturated heterocycles. The Labute approximate surface area is 287 Å². The fourth-order valence-electron chi connectivity index (χ4n) is 5.92. The van der Waals surface area contributed by atoms with Crippen LogP contribution in [-0.2, 0) is 39.3 Å². The van der Waals surface area contributed by atoms with E-state index in [0.717, 1.165) is 22.8 Å². The lowest BCUT2D eigenvalue weighted by Crippen LogP contribution is -2.25. The van der Waals surface area contributed by atoms with Crippen LogP contribution in [0.3, 0.4) is 0 Å². The van der Waals surface area contributed by atoms with Gasteiger partial charge in [0.1, 0.15) is 11.4 Å². The van der Waals surface area contributed by atoms with Gasteiger partial charge >= 0.3 is 11.9 Å². The maximum absolute atomic E-state index is 11.6. The molecule has 0 fully saturated rings. The fourth-order valence-corrected chi connectivity index (χ4v) is 5.92. The molecule has 0 spiro atoms. The first-order chi connectivity index (χ1) is 24.3. The Morgan fingerprint density at radius 3 is 1.04 bits per heavy atom. The Morgan fingerprint density at radius 1 is 0.440 bits per heavy atom. The van der Waals surface area contributed by atoms with Crippen molar-refractivity contribution in [2.75, 3.05) is 0 Å². The van der Waals surface area contributed by atoms with Crippen molar-refractivity contribution in [3.05, 3.63) is 155 Å². The van der Waals surface area contributed by atoms with Gasteiger partial charge in [0, 0.05) is 39.3 Å². The SMILES string of the molecule is O=C(O)c1cccc(CN2Cc3cccc(n3)-c3cccc(n3)CN(Cc3cccc(C(=O)O)n3)Cc3cccc(n3)-c3cccc(n3)C2)n1. The zero-order valence-electron chi connectivity index (χ0n) is 26.9. The van der Waals surface area contributed by atoms with Crippen LogP contribution in [0.2, 0.25) is 0 Å². The first-order valence-corrected chi connectivity index (χ1v) is 16.0. The van der Waals surface area contributed by atoms with Crippen LogP contribution in [0.25, 0.3) is 22.8 Å². The second-order valence-corrected chi connectivity index (χ2v) is 12.0.